The Kier molecular flexibility index (Phi) is 3.85. The summed E-state index contributed by atoms with van der Waals surface area (Å²) in [5.41, 5.74) is 3.76. The van der Waals surface area contributed by atoms with Gasteiger partial charge in [-0.05, 0) is 56.3 Å². The molecule has 6 nitrogen and oxygen atoms in total. The van der Waals surface area contributed by atoms with Crippen LogP contribution in [0.3, 0.4) is 0 Å². The molecule has 0 saturated heterocycles. The van der Waals surface area contributed by atoms with Crippen LogP contribution in [-0.2, 0) is 0 Å². The Morgan fingerprint density at radius 2 is 1.72 bits per heavy atom. The number of hydrogen-bond donors (Lipinski definition) is 0. The molecule has 0 atom stereocenters. The Bertz CT molecular complexity index is 993. The van der Waals surface area contributed by atoms with E-state index in [1.165, 1.54) is 6.33 Å². The van der Waals surface area contributed by atoms with Crippen LogP contribution in [0.5, 0.6) is 5.75 Å². The van der Waals surface area contributed by atoms with Crippen molar-refractivity contribution in [3.05, 3.63) is 61.2 Å². The van der Waals surface area contributed by atoms with E-state index in [1.54, 1.807) is 16.9 Å². The Balaban J connectivity index is 1.80. The van der Waals surface area contributed by atoms with Crippen LogP contribution >= 0.6 is 0 Å². The quantitative estimate of drug-likeness (QED) is 0.571. The zero-order valence-electron chi connectivity index (χ0n) is 14.0. The van der Waals surface area contributed by atoms with Gasteiger partial charge in [-0.15, -0.1) is 0 Å². The molecular formula is C19H17N5O. The lowest BCUT2D eigenvalue weighted by atomic mass is 10.1. The van der Waals surface area contributed by atoms with Crippen LogP contribution in [0.4, 0.5) is 0 Å². The van der Waals surface area contributed by atoms with Crippen molar-refractivity contribution in [3.8, 4) is 28.3 Å². The molecule has 0 N–H and O–H groups in total. The second-order valence-corrected chi connectivity index (χ2v) is 5.93. The van der Waals surface area contributed by atoms with E-state index in [0.717, 1.165) is 28.3 Å². The Morgan fingerprint density at radius 1 is 0.960 bits per heavy atom. The van der Waals surface area contributed by atoms with E-state index in [1.807, 2.05) is 56.3 Å². The average molecular weight is 331 g/mol. The average Bonchev–Trinajstić information content (AvgIpc) is 3.10. The molecule has 1 aromatic carbocycles. The molecule has 0 aliphatic heterocycles. The lowest BCUT2D eigenvalue weighted by Gasteiger charge is -2.11. The monoisotopic (exact) mass is 331 g/mol. The van der Waals surface area contributed by atoms with Crippen molar-refractivity contribution in [2.75, 3.05) is 0 Å². The minimum atomic E-state index is 0.148. The number of aromatic nitrogens is 5. The number of nitrogens with zero attached hydrogens (tertiary/aromatic N) is 5. The van der Waals surface area contributed by atoms with E-state index in [4.69, 9.17) is 4.74 Å². The van der Waals surface area contributed by atoms with Crippen LogP contribution < -0.4 is 4.74 Å². The second-order valence-electron chi connectivity index (χ2n) is 5.93. The maximum Gasteiger partial charge on any atom is 0.253 e. The summed E-state index contributed by atoms with van der Waals surface area (Å²) in [6, 6.07) is 13.8. The van der Waals surface area contributed by atoms with Crippen LogP contribution in [0.15, 0.2) is 61.2 Å². The molecule has 3 heterocycles. The van der Waals surface area contributed by atoms with Crippen LogP contribution in [0.25, 0.3) is 28.3 Å². The number of rotatable bonds is 4. The van der Waals surface area contributed by atoms with Crippen LogP contribution in [0.1, 0.15) is 13.8 Å². The van der Waals surface area contributed by atoms with Gasteiger partial charge in [0.15, 0.2) is 0 Å². The third-order valence-corrected chi connectivity index (χ3v) is 3.75. The molecule has 0 saturated carbocycles. The minimum absolute atomic E-state index is 0.148. The predicted octanol–water partition coefficient (Wildman–Crippen LogP) is 3.64. The molecule has 0 unspecified atom stereocenters. The molecule has 0 aliphatic carbocycles. The molecule has 0 aliphatic rings. The first-order chi connectivity index (χ1) is 12.2. The Morgan fingerprint density at radius 3 is 2.44 bits per heavy atom. The first-order valence-corrected chi connectivity index (χ1v) is 8.09. The van der Waals surface area contributed by atoms with Crippen LogP contribution in [0.2, 0.25) is 0 Å². The standard InChI is InChI=1S/C19H17N5O/c1-13(2)25-16-5-3-14(4-6-16)17-11-18(15-7-9-20-10-8-15)24-19(23-17)21-12-22-24/h3-13H,1-2H3. The molecule has 0 amide bonds. The number of pyridine rings is 1. The summed E-state index contributed by atoms with van der Waals surface area (Å²) in [5, 5.41) is 4.28. The van der Waals surface area contributed by atoms with Gasteiger partial charge in [-0.1, -0.05) is 0 Å². The summed E-state index contributed by atoms with van der Waals surface area (Å²) in [7, 11) is 0. The fraction of sp³-hybridized carbons (Fsp3) is 0.158. The summed E-state index contributed by atoms with van der Waals surface area (Å²) in [6.07, 6.45) is 5.18. The SMILES string of the molecule is CC(C)Oc1ccc(-c2cc(-c3ccncc3)n3ncnc3n2)cc1. The molecule has 4 rings (SSSR count). The molecule has 124 valence electrons. The summed E-state index contributed by atoms with van der Waals surface area (Å²) < 4.78 is 7.43. The van der Waals surface area contributed by atoms with Gasteiger partial charge in [0.2, 0.25) is 0 Å². The van der Waals surface area contributed by atoms with Gasteiger partial charge in [0.25, 0.3) is 5.78 Å². The molecule has 3 aromatic heterocycles. The highest BCUT2D eigenvalue weighted by molar-refractivity contribution is 5.70. The Hall–Kier alpha value is -3.28. The molecule has 0 spiro atoms. The topological polar surface area (TPSA) is 65.2 Å². The van der Waals surface area contributed by atoms with Gasteiger partial charge < -0.3 is 4.74 Å². The minimum Gasteiger partial charge on any atom is -0.491 e. The van der Waals surface area contributed by atoms with Crippen LogP contribution in [0, 0.1) is 0 Å². The van der Waals surface area contributed by atoms with Gasteiger partial charge in [0, 0.05) is 23.5 Å². The smallest absolute Gasteiger partial charge is 0.253 e. The maximum atomic E-state index is 5.70. The fourth-order valence-corrected chi connectivity index (χ4v) is 2.66. The fourth-order valence-electron chi connectivity index (χ4n) is 2.66. The third kappa shape index (κ3) is 3.06. The molecule has 25 heavy (non-hydrogen) atoms. The van der Waals surface area contributed by atoms with Gasteiger partial charge in [0.1, 0.15) is 12.1 Å². The first kappa shape index (κ1) is 15.3. The highest BCUT2D eigenvalue weighted by Crippen LogP contribution is 2.26. The molecule has 4 aromatic rings. The molecule has 0 bridgehead atoms. The zero-order chi connectivity index (χ0) is 17.2. The summed E-state index contributed by atoms with van der Waals surface area (Å²) in [5.74, 6) is 1.41. The van der Waals surface area contributed by atoms with Crippen molar-refractivity contribution in [1.29, 1.82) is 0 Å². The summed E-state index contributed by atoms with van der Waals surface area (Å²) in [6.45, 7) is 4.02. The largest absolute Gasteiger partial charge is 0.491 e. The van der Waals surface area contributed by atoms with Crippen LogP contribution in [-0.4, -0.2) is 30.7 Å². The molecular weight excluding hydrogens is 314 g/mol. The maximum absolute atomic E-state index is 5.70. The van der Waals surface area contributed by atoms with E-state index in [-0.39, 0.29) is 6.10 Å². The number of fused-ring (bicyclic) bond motifs is 1. The van der Waals surface area contributed by atoms with Gasteiger partial charge in [0.05, 0.1) is 17.5 Å². The van der Waals surface area contributed by atoms with E-state index >= 15 is 0 Å². The Labute approximate surface area is 145 Å². The predicted molar refractivity (Wildman–Crippen MR) is 95.2 cm³/mol. The lowest BCUT2D eigenvalue weighted by molar-refractivity contribution is 0.242. The highest BCUT2D eigenvalue weighted by Gasteiger charge is 2.11. The van der Waals surface area contributed by atoms with Gasteiger partial charge in [-0.3, -0.25) is 4.98 Å². The van der Waals surface area contributed by atoms with Gasteiger partial charge in [-0.2, -0.15) is 14.6 Å². The summed E-state index contributed by atoms with van der Waals surface area (Å²) >= 11 is 0. The highest BCUT2D eigenvalue weighted by atomic mass is 16.5. The molecule has 0 fully saturated rings. The number of ether oxygens (including phenoxy) is 1. The number of benzene rings is 1. The van der Waals surface area contributed by atoms with Crippen molar-refractivity contribution >= 4 is 5.78 Å². The molecule has 0 radical (unpaired) electrons. The van der Waals surface area contributed by atoms with Crippen molar-refractivity contribution in [1.82, 2.24) is 24.6 Å². The van der Waals surface area contributed by atoms with Crippen molar-refractivity contribution in [3.63, 3.8) is 0 Å². The van der Waals surface area contributed by atoms with Gasteiger partial charge >= 0.3 is 0 Å². The van der Waals surface area contributed by atoms with E-state index < -0.39 is 0 Å². The first-order valence-electron chi connectivity index (χ1n) is 8.09. The molecule has 6 heteroatoms. The summed E-state index contributed by atoms with van der Waals surface area (Å²) in [4.78, 5) is 12.9. The van der Waals surface area contributed by atoms with E-state index in [2.05, 4.69) is 20.1 Å². The van der Waals surface area contributed by atoms with Crippen molar-refractivity contribution in [2.24, 2.45) is 0 Å². The van der Waals surface area contributed by atoms with E-state index in [0.29, 0.717) is 5.78 Å². The van der Waals surface area contributed by atoms with Crippen molar-refractivity contribution < 1.29 is 4.74 Å². The number of hydrogen-bond acceptors (Lipinski definition) is 5. The zero-order valence-corrected chi connectivity index (χ0v) is 14.0. The van der Waals surface area contributed by atoms with Gasteiger partial charge in [-0.25, -0.2) is 4.98 Å². The third-order valence-electron chi connectivity index (χ3n) is 3.75. The van der Waals surface area contributed by atoms with Crippen molar-refractivity contribution in [2.45, 2.75) is 20.0 Å². The van der Waals surface area contributed by atoms with E-state index in [9.17, 15) is 0 Å². The normalized spacial score (nSPS) is 11.2. The lowest BCUT2D eigenvalue weighted by Crippen LogP contribution is -2.05. The second kappa shape index (κ2) is 6.32.